The van der Waals surface area contributed by atoms with E-state index in [2.05, 4.69) is 183 Å². The second kappa shape index (κ2) is 17.1. The summed E-state index contributed by atoms with van der Waals surface area (Å²) in [5.41, 5.74) is 22.1. The summed E-state index contributed by atoms with van der Waals surface area (Å²) < 4.78 is 1.09. The summed E-state index contributed by atoms with van der Waals surface area (Å²) in [7, 11) is 18.2. The molecular weight excluding hydrogens is 887 g/mol. The van der Waals surface area contributed by atoms with Crippen molar-refractivity contribution in [2.24, 2.45) is 11.8 Å². The van der Waals surface area contributed by atoms with Crippen LogP contribution in [0.3, 0.4) is 0 Å². The van der Waals surface area contributed by atoms with Gasteiger partial charge in [-0.05, 0) is 0 Å². The molecule has 1 aliphatic heterocycles. The molecule has 3 aliphatic rings. The van der Waals surface area contributed by atoms with Crippen molar-refractivity contribution >= 4 is 52.3 Å². The van der Waals surface area contributed by atoms with Gasteiger partial charge in [0.2, 0.25) is 0 Å². The number of allylic oxidation sites excluding steroid dienone is 2. The van der Waals surface area contributed by atoms with E-state index >= 15 is 0 Å². The van der Waals surface area contributed by atoms with Crippen molar-refractivity contribution in [3.8, 4) is 33.4 Å². The molecule has 1 heterocycles. The number of rotatable bonds is 13. The summed E-state index contributed by atoms with van der Waals surface area (Å²) in [5.74, 6) is 0.498. The zero-order valence-electron chi connectivity index (χ0n) is 38.1. The van der Waals surface area contributed by atoms with Gasteiger partial charge in [-0.2, -0.15) is 0 Å². The van der Waals surface area contributed by atoms with E-state index in [-0.39, 0.29) is 19.1 Å². The molecule has 0 radical (unpaired) electrons. The van der Waals surface area contributed by atoms with Gasteiger partial charge in [0.1, 0.15) is 0 Å². The molecule has 0 saturated carbocycles. The van der Waals surface area contributed by atoms with Crippen LogP contribution in [0.2, 0.25) is 0 Å². The summed E-state index contributed by atoms with van der Waals surface area (Å²) in [6.45, 7) is 18.8. The molecule has 9 rings (SSSR count). The maximum atomic E-state index is 9.52. The minimum atomic E-state index is -5.73. The summed E-state index contributed by atoms with van der Waals surface area (Å²) in [6, 6.07) is 44.3. The van der Waals surface area contributed by atoms with Gasteiger partial charge in [0.05, 0.1) is 0 Å². The van der Waals surface area contributed by atoms with Crippen molar-refractivity contribution in [2.75, 3.05) is 0 Å². The molecule has 4 heteroatoms. The number of benzene rings is 6. The van der Waals surface area contributed by atoms with Crippen LogP contribution in [-0.2, 0) is 42.1 Å². The van der Waals surface area contributed by atoms with Gasteiger partial charge >= 0.3 is 386 Å². The maximum absolute atomic E-state index is 9.52. The van der Waals surface area contributed by atoms with E-state index in [4.69, 9.17) is 0 Å². The van der Waals surface area contributed by atoms with Gasteiger partial charge in [0.25, 0.3) is 0 Å². The molecule has 0 spiro atoms. The first-order valence-corrected chi connectivity index (χ1v) is 35.5. The molecule has 0 aromatic heterocycles. The fraction of sp³-hybridized carbons (Fsp3) is 0.310. The summed E-state index contributed by atoms with van der Waals surface area (Å²) in [6.07, 6.45) is 11.4. The Morgan fingerprint density at radius 2 is 0.952 bits per heavy atom. The van der Waals surface area contributed by atoms with E-state index in [1.54, 1.807) is 0 Å². The van der Waals surface area contributed by atoms with Crippen molar-refractivity contribution in [3.63, 3.8) is 0 Å². The molecule has 0 bridgehead atoms. The van der Waals surface area contributed by atoms with E-state index in [0.29, 0.717) is 0 Å². The predicted molar refractivity (Wildman–Crippen MR) is 273 cm³/mol. The quantitative estimate of drug-likeness (QED) is 0.101. The molecule has 0 saturated heterocycles. The fourth-order valence-electron chi connectivity index (χ4n) is 12.0. The zero-order chi connectivity index (χ0) is 43.5. The first-order chi connectivity index (χ1) is 30.0. The second-order valence-electron chi connectivity index (χ2n) is 19.0. The Kier molecular flexibility index (Phi) is 12.1. The van der Waals surface area contributed by atoms with Gasteiger partial charge < -0.3 is 0 Å². The Morgan fingerprint density at radius 1 is 0.500 bits per heavy atom. The molecule has 0 nitrogen and oxygen atoms in total. The first kappa shape index (κ1) is 43.7. The summed E-state index contributed by atoms with van der Waals surface area (Å²) >= 11 is -5.73. The van der Waals surface area contributed by atoms with Gasteiger partial charge in [-0.1, -0.05) is 0 Å². The Morgan fingerprint density at radius 3 is 1.42 bits per heavy atom. The molecule has 0 fully saturated rings. The minimum absolute atomic E-state index is 0.109. The van der Waals surface area contributed by atoms with E-state index in [9.17, 15) is 17.0 Å². The Labute approximate surface area is 383 Å². The molecule has 6 aromatic carbocycles. The van der Waals surface area contributed by atoms with Gasteiger partial charge in [-0.25, -0.2) is 0 Å². The van der Waals surface area contributed by atoms with E-state index in [0.717, 1.165) is 38.5 Å². The van der Waals surface area contributed by atoms with Crippen LogP contribution in [0.4, 0.5) is 0 Å². The SMILES string of the molecule is CCCc1ccc2c(c1-c1ccccc1CC)C=C(C(C)C)[CH]2[Zr]([Cl])([Cl])([c]1cccc2c1[SiH2]c1ccccc1-2)[CH]1C(C(C)C)=Cc2c1ccc(CCC)c2-c1ccccc1CC. The monoisotopic (exact) mass is 947 g/mol. The number of hydrogen-bond acceptors (Lipinski definition) is 0. The molecule has 0 amide bonds. The van der Waals surface area contributed by atoms with Crippen molar-refractivity contribution in [2.45, 2.75) is 101 Å². The molecule has 62 heavy (non-hydrogen) atoms. The Hall–Kier alpha value is -3.52. The fourth-order valence-corrected chi connectivity index (χ4v) is 40.3. The van der Waals surface area contributed by atoms with Crippen LogP contribution in [0.5, 0.6) is 0 Å². The van der Waals surface area contributed by atoms with Crippen molar-refractivity contribution in [1.29, 1.82) is 0 Å². The average Bonchev–Trinajstić information content (AvgIpc) is 4.00. The molecule has 6 aromatic rings. The van der Waals surface area contributed by atoms with Crippen LogP contribution in [0.25, 0.3) is 45.5 Å². The number of halogens is 2. The van der Waals surface area contributed by atoms with Crippen LogP contribution in [0, 0.1) is 11.8 Å². The zero-order valence-corrected chi connectivity index (χ0v) is 43.5. The molecule has 2 unspecified atom stereocenters. The summed E-state index contributed by atoms with van der Waals surface area (Å²) in [4.78, 5) is 0. The molecule has 2 aliphatic carbocycles. The summed E-state index contributed by atoms with van der Waals surface area (Å²) in [5, 5.41) is 2.99. The number of fused-ring (bicyclic) bond motifs is 5. The average molecular weight is 950 g/mol. The topological polar surface area (TPSA) is 0 Å². The van der Waals surface area contributed by atoms with Gasteiger partial charge in [0, 0.05) is 0 Å². The van der Waals surface area contributed by atoms with Crippen LogP contribution >= 0.6 is 17.0 Å². The third-order valence-electron chi connectivity index (χ3n) is 14.8. The van der Waals surface area contributed by atoms with Crippen molar-refractivity contribution < 1.29 is 16.4 Å². The third kappa shape index (κ3) is 6.84. The second-order valence-corrected chi connectivity index (χ2v) is 41.4. The number of aryl methyl sites for hydroxylation is 4. The van der Waals surface area contributed by atoms with Crippen LogP contribution in [0.1, 0.15) is 120 Å². The molecule has 0 N–H and O–H groups in total. The molecule has 2 atom stereocenters. The van der Waals surface area contributed by atoms with Crippen LogP contribution in [0.15, 0.2) is 126 Å². The molecule has 317 valence electrons. The van der Waals surface area contributed by atoms with Gasteiger partial charge in [-0.15, -0.1) is 0 Å². The Bertz CT molecular complexity index is 2650. The van der Waals surface area contributed by atoms with Crippen LogP contribution in [-0.4, -0.2) is 9.52 Å². The normalized spacial score (nSPS) is 17.5. The Balaban J connectivity index is 1.41. The standard InChI is InChI=1S/2C23H27.C12H9Si.2ClH.Zr/c2*1-5-9-18-12-13-19-14-20(16(3)4)15-22(19)23(18)21-11-8-7-10-17(21)6-2;1-3-7-11-9(5-1)10-6-2-4-8-12(10)13-11;;;/h2*7-8,10-16H,5-6,9H2,1-4H3;1-7H,13H2;2*1H;/q;;;;;+2/p-2. The predicted octanol–water partition coefficient (Wildman–Crippen LogP) is 14.4. The van der Waals surface area contributed by atoms with Crippen molar-refractivity contribution in [3.05, 3.63) is 171 Å². The van der Waals surface area contributed by atoms with Gasteiger partial charge in [0.15, 0.2) is 0 Å². The van der Waals surface area contributed by atoms with Crippen LogP contribution < -0.4 is 13.6 Å². The van der Waals surface area contributed by atoms with E-state index in [1.165, 1.54) is 103 Å². The first-order valence-electron chi connectivity index (χ1n) is 23.6. The van der Waals surface area contributed by atoms with Crippen molar-refractivity contribution in [1.82, 2.24) is 0 Å². The van der Waals surface area contributed by atoms with Gasteiger partial charge in [-0.3, -0.25) is 0 Å². The third-order valence-corrected chi connectivity index (χ3v) is 37.4. The number of hydrogen-bond donors (Lipinski definition) is 0. The van der Waals surface area contributed by atoms with E-state index < -0.39 is 25.9 Å². The van der Waals surface area contributed by atoms with E-state index in [1.807, 2.05) is 0 Å². The molecular formula is C58H63Cl2SiZr.